The second-order valence-corrected chi connectivity index (χ2v) is 6.37. The largest absolute Gasteiger partial charge is 0.320 e. The Morgan fingerprint density at radius 1 is 1.00 bits per heavy atom. The quantitative estimate of drug-likeness (QED) is 0.680. The first kappa shape index (κ1) is 13.7. The lowest BCUT2D eigenvalue weighted by Gasteiger charge is -2.15. The van der Waals surface area contributed by atoms with Crippen molar-refractivity contribution in [1.29, 1.82) is 0 Å². The number of aromatic nitrogens is 1. The highest BCUT2D eigenvalue weighted by atomic mass is 79.9. The predicted molar refractivity (Wildman–Crippen MR) is 89.6 cm³/mol. The van der Waals surface area contributed by atoms with Crippen LogP contribution in [0.5, 0.6) is 0 Å². The Hall–Kier alpha value is -1.23. The molecule has 2 nitrogen and oxygen atoms in total. The Labute approximate surface area is 134 Å². The van der Waals surface area contributed by atoms with E-state index in [4.69, 9.17) is 5.73 Å². The molecule has 3 aromatic rings. The van der Waals surface area contributed by atoms with Crippen LogP contribution in [0.4, 0.5) is 0 Å². The predicted octanol–water partition coefficient (Wildman–Crippen LogP) is 4.81. The number of pyridine rings is 1. The van der Waals surface area contributed by atoms with Crippen molar-refractivity contribution in [1.82, 2.24) is 4.98 Å². The molecule has 4 heteroatoms. The summed E-state index contributed by atoms with van der Waals surface area (Å²) in [7, 11) is 0. The summed E-state index contributed by atoms with van der Waals surface area (Å²) in [5.41, 5.74) is 9.52. The molecule has 3 rings (SSSR count). The standard InChI is InChI=1S/C16H12Br2N2/c17-12-4-5-13(14(18)9-12)16(19)11-3-6-15-10(8-11)2-1-7-20-15/h1-9,16H,19H2. The van der Waals surface area contributed by atoms with Gasteiger partial charge in [-0.2, -0.15) is 0 Å². The van der Waals surface area contributed by atoms with Gasteiger partial charge in [-0.15, -0.1) is 0 Å². The fourth-order valence-corrected chi connectivity index (χ4v) is 3.51. The molecule has 2 aromatic carbocycles. The fourth-order valence-electron chi connectivity index (χ4n) is 2.22. The summed E-state index contributed by atoms with van der Waals surface area (Å²) in [6, 6.07) is 16.0. The lowest BCUT2D eigenvalue weighted by molar-refractivity contribution is 0.867. The van der Waals surface area contributed by atoms with E-state index in [1.165, 1.54) is 0 Å². The van der Waals surface area contributed by atoms with E-state index in [0.29, 0.717) is 0 Å². The third kappa shape index (κ3) is 2.64. The maximum atomic E-state index is 6.39. The Kier molecular flexibility index (Phi) is 3.87. The molecule has 0 saturated heterocycles. The minimum Gasteiger partial charge on any atom is -0.320 e. The molecular weight excluding hydrogens is 380 g/mol. The Bertz CT molecular complexity index is 771. The highest BCUT2D eigenvalue weighted by Gasteiger charge is 2.13. The molecule has 2 N–H and O–H groups in total. The molecule has 0 saturated carbocycles. The average molecular weight is 392 g/mol. The van der Waals surface area contributed by atoms with E-state index in [-0.39, 0.29) is 6.04 Å². The van der Waals surface area contributed by atoms with E-state index in [9.17, 15) is 0 Å². The highest BCUT2D eigenvalue weighted by Crippen LogP contribution is 2.30. The van der Waals surface area contributed by atoms with Gasteiger partial charge >= 0.3 is 0 Å². The van der Waals surface area contributed by atoms with Crippen molar-refractivity contribution in [2.75, 3.05) is 0 Å². The molecule has 0 aliphatic heterocycles. The average Bonchev–Trinajstić information content (AvgIpc) is 2.46. The molecule has 100 valence electrons. The second kappa shape index (κ2) is 5.64. The lowest BCUT2D eigenvalue weighted by atomic mass is 9.98. The number of nitrogens with zero attached hydrogens (tertiary/aromatic N) is 1. The van der Waals surface area contributed by atoms with Gasteiger partial charge in [0.05, 0.1) is 11.6 Å². The van der Waals surface area contributed by atoms with Crippen LogP contribution in [-0.4, -0.2) is 4.98 Å². The van der Waals surface area contributed by atoms with Gasteiger partial charge in [0.2, 0.25) is 0 Å². The van der Waals surface area contributed by atoms with Gasteiger partial charge in [0.25, 0.3) is 0 Å². The van der Waals surface area contributed by atoms with Crippen LogP contribution in [0.2, 0.25) is 0 Å². The summed E-state index contributed by atoms with van der Waals surface area (Å²) in [5, 5.41) is 1.11. The van der Waals surface area contributed by atoms with E-state index >= 15 is 0 Å². The molecule has 20 heavy (non-hydrogen) atoms. The number of nitrogens with two attached hydrogens (primary N) is 1. The zero-order chi connectivity index (χ0) is 14.1. The molecule has 1 aromatic heterocycles. The van der Waals surface area contributed by atoms with E-state index in [1.54, 1.807) is 6.20 Å². The SMILES string of the molecule is NC(c1ccc2ncccc2c1)c1ccc(Br)cc1Br. The summed E-state index contributed by atoms with van der Waals surface area (Å²) in [6.45, 7) is 0. The molecule has 0 bridgehead atoms. The summed E-state index contributed by atoms with van der Waals surface area (Å²) in [6.07, 6.45) is 1.80. The van der Waals surface area contributed by atoms with Crippen molar-refractivity contribution in [3.63, 3.8) is 0 Å². The number of rotatable bonds is 2. The molecule has 0 aliphatic carbocycles. The van der Waals surface area contributed by atoms with Crippen molar-refractivity contribution >= 4 is 42.8 Å². The Morgan fingerprint density at radius 2 is 1.85 bits per heavy atom. The molecule has 0 fully saturated rings. The number of hydrogen-bond donors (Lipinski definition) is 1. The van der Waals surface area contributed by atoms with Crippen molar-refractivity contribution < 1.29 is 0 Å². The zero-order valence-electron chi connectivity index (χ0n) is 10.6. The van der Waals surface area contributed by atoms with Gasteiger partial charge in [-0.1, -0.05) is 50.1 Å². The van der Waals surface area contributed by atoms with Crippen molar-refractivity contribution in [3.8, 4) is 0 Å². The number of benzene rings is 2. The molecule has 1 atom stereocenters. The first-order valence-corrected chi connectivity index (χ1v) is 7.79. The summed E-state index contributed by atoms with van der Waals surface area (Å²) >= 11 is 7.03. The van der Waals surface area contributed by atoms with E-state index in [2.05, 4.69) is 49.0 Å². The van der Waals surface area contributed by atoms with Crippen LogP contribution in [0.15, 0.2) is 63.7 Å². The van der Waals surface area contributed by atoms with Crippen LogP contribution in [0.3, 0.4) is 0 Å². The molecular formula is C16H12Br2N2. The minimum atomic E-state index is -0.165. The molecule has 0 spiro atoms. The van der Waals surface area contributed by atoms with Gasteiger partial charge in [-0.05, 0) is 41.5 Å². The number of halogens is 2. The first-order valence-electron chi connectivity index (χ1n) is 6.20. The zero-order valence-corrected chi connectivity index (χ0v) is 13.7. The monoisotopic (exact) mass is 390 g/mol. The fraction of sp³-hybridized carbons (Fsp3) is 0.0625. The van der Waals surface area contributed by atoms with Crippen LogP contribution in [0.1, 0.15) is 17.2 Å². The lowest BCUT2D eigenvalue weighted by Crippen LogP contribution is -2.12. The maximum Gasteiger partial charge on any atom is 0.0702 e. The molecule has 0 aliphatic rings. The van der Waals surface area contributed by atoms with Gasteiger partial charge in [-0.25, -0.2) is 0 Å². The summed E-state index contributed by atoms with van der Waals surface area (Å²) in [5.74, 6) is 0. The van der Waals surface area contributed by atoms with Gasteiger partial charge in [0.15, 0.2) is 0 Å². The summed E-state index contributed by atoms with van der Waals surface area (Å²) in [4.78, 5) is 4.33. The number of hydrogen-bond acceptors (Lipinski definition) is 2. The Balaban J connectivity index is 2.05. The number of fused-ring (bicyclic) bond motifs is 1. The van der Waals surface area contributed by atoms with Gasteiger partial charge < -0.3 is 5.73 Å². The van der Waals surface area contributed by atoms with Crippen LogP contribution in [0, 0.1) is 0 Å². The third-order valence-electron chi connectivity index (χ3n) is 3.28. The maximum absolute atomic E-state index is 6.39. The molecule has 1 unspecified atom stereocenters. The van der Waals surface area contributed by atoms with Gasteiger partial charge in [-0.3, -0.25) is 4.98 Å². The van der Waals surface area contributed by atoms with Crippen molar-refractivity contribution in [2.24, 2.45) is 5.73 Å². The van der Waals surface area contributed by atoms with Crippen LogP contribution < -0.4 is 5.73 Å². The molecule has 0 amide bonds. The highest BCUT2D eigenvalue weighted by molar-refractivity contribution is 9.11. The normalized spacial score (nSPS) is 12.6. The Morgan fingerprint density at radius 3 is 2.65 bits per heavy atom. The van der Waals surface area contributed by atoms with E-state index < -0.39 is 0 Å². The third-order valence-corrected chi connectivity index (χ3v) is 4.46. The smallest absolute Gasteiger partial charge is 0.0702 e. The van der Waals surface area contributed by atoms with Crippen LogP contribution in [-0.2, 0) is 0 Å². The van der Waals surface area contributed by atoms with Crippen LogP contribution >= 0.6 is 31.9 Å². The van der Waals surface area contributed by atoms with Crippen LogP contribution in [0.25, 0.3) is 10.9 Å². The molecule has 1 heterocycles. The van der Waals surface area contributed by atoms with Crippen molar-refractivity contribution in [3.05, 3.63) is 74.8 Å². The van der Waals surface area contributed by atoms with Crippen molar-refractivity contribution in [2.45, 2.75) is 6.04 Å². The second-order valence-electron chi connectivity index (χ2n) is 4.60. The van der Waals surface area contributed by atoms with Gasteiger partial charge in [0.1, 0.15) is 0 Å². The first-order chi connectivity index (χ1) is 9.65. The molecule has 0 radical (unpaired) electrons. The topological polar surface area (TPSA) is 38.9 Å². The van der Waals surface area contributed by atoms with E-state index in [1.807, 2.05) is 36.4 Å². The minimum absolute atomic E-state index is 0.165. The van der Waals surface area contributed by atoms with Gasteiger partial charge in [0, 0.05) is 20.5 Å². The summed E-state index contributed by atoms with van der Waals surface area (Å²) < 4.78 is 2.04. The van der Waals surface area contributed by atoms with E-state index in [0.717, 1.165) is 31.0 Å².